The largest absolute Gasteiger partial charge is 0.353 e. The molecule has 3 rings (SSSR count). The lowest BCUT2D eigenvalue weighted by Gasteiger charge is -2.35. The standard InChI is InChI=1S/C17H18N4O2S/c1-14-4-2-6-16(12-14)24(22,23)21-10-8-20(9-11-21)17-15(13-18)5-3-7-19-17/h2-7,12H,8-11H2,1H3. The van der Waals surface area contributed by atoms with Crippen molar-refractivity contribution in [2.75, 3.05) is 31.1 Å². The van der Waals surface area contributed by atoms with Crippen LogP contribution in [0.25, 0.3) is 0 Å². The zero-order valence-corrected chi connectivity index (χ0v) is 14.2. The van der Waals surface area contributed by atoms with Crippen LogP contribution in [0.1, 0.15) is 11.1 Å². The molecule has 1 aromatic carbocycles. The highest BCUT2D eigenvalue weighted by molar-refractivity contribution is 7.89. The van der Waals surface area contributed by atoms with Gasteiger partial charge in [0.25, 0.3) is 0 Å². The maximum Gasteiger partial charge on any atom is 0.243 e. The van der Waals surface area contributed by atoms with Crippen LogP contribution in [0.2, 0.25) is 0 Å². The molecule has 0 radical (unpaired) electrons. The highest BCUT2D eigenvalue weighted by Crippen LogP contribution is 2.22. The maximum absolute atomic E-state index is 12.7. The summed E-state index contributed by atoms with van der Waals surface area (Å²) in [5.74, 6) is 0.618. The second kappa shape index (κ2) is 6.59. The monoisotopic (exact) mass is 342 g/mol. The van der Waals surface area contributed by atoms with Gasteiger partial charge in [0.2, 0.25) is 10.0 Å². The van der Waals surface area contributed by atoms with Gasteiger partial charge in [0.15, 0.2) is 0 Å². The number of hydrogen-bond acceptors (Lipinski definition) is 5. The number of piperazine rings is 1. The van der Waals surface area contributed by atoms with Crippen LogP contribution in [0, 0.1) is 18.3 Å². The molecule has 0 unspecified atom stereocenters. The Kier molecular flexibility index (Phi) is 4.51. The van der Waals surface area contributed by atoms with Crippen molar-refractivity contribution in [3.63, 3.8) is 0 Å². The summed E-state index contributed by atoms with van der Waals surface area (Å²) in [6, 6.07) is 12.5. The molecule has 1 aliphatic rings. The zero-order chi connectivity index (χ0) is 17.2. The maximum atomic E-state index is 12.7. The zero-order valence-electron chi connectivity index (χ0n) is 13.4. The summed E-state index contributed by atoms with van der Waals surface area (Å²) in [5.41, 5.74) is 1.43. The highest BCUT2D eigenvalue weighted by Gasteiger charge is 2.29. The third kappa shape index (κ3) is 3.11. The van der Waals surface area contributed by atoms with E-state index in [1.54, 1.807) is 36.5 Å². The van der Waals surface area contributed by atoms with Gasteiger partial charge >= 0.3 is 0 Å². The number of nitrogens with zero attached hydrogens (tertiary/aromatic N) is 4. The van der Waals surface area contributed by atoms with Gasteiger partial charge < -0.3 is 4.90 Å². The Morgan fingerprint density at radius 3 is 2.54 bits per heavy atom. The number of aromatic nitrogens is 1. The fourth-order valence-electron chi connectivity index (χ4n) is 2.80. The van der Waals surface area contributed by atoms with Crippen molar-refractivity contribution in [1.82, 2.24) is 9.29 Å². The van der Waals surface area contributed by atoms with Crippen molar-refractivity contribution >= 4 is 15.8 Å². The molecular formula is C17H18N4O2S. The SMILES string of the molecule is Cc1cccc(S(=O)(=O)N2CCN(c3ncccc3C#N)CC2)c1. The molecule has 2 heterocycles. The van der Waals surface area contributed by atoms with E-state index in [4.69, 9.17) is 0 Å². The number of hydrogen-bond donors (Lipinski definition) is 0. The van der Waals surface area contributed by atoms with Crippen molar-refractivity contribution in [3.05, 3.63) is 53.7 Å². The highest BCUT2D eigenvalue weighted by atomic mass is 32.2. The lowest BCUT2D eigenvalue weighted by atomic mass is 10.2. The molecule has 0 bridgehead atoms. The Bertz CT molecular complexity index is 881. The molecule has 1 fully saturated rings. The first-order chi connectivity index (χ1) is 11.5. The molecule has 0 spiro atoms. The fraction of sp³-hybridized carbons (Fsp3) is 0.294. The van der Waals surface area contributed by atoms with E-state index in [2.05, 4.69) is 11.1 Å². The van der Waals surface area contributed by atoms with E-state index in [0.29, 0.717) is 42.5 Å². The molecule has 2 aromatic rings. The lowest BCUT2D eigenvalue weighted by molar-refractivity contribution is 0.383. The third-order valence-electron chi connectivity index (χ3n) is 4.07. The van der Waals surface area contributed by atoms with Gasteiger partial charge in [-0.15, -0.1) is 0 Å². The van der Waals surface area contributed by atoms with Gasteiger partial charge in [0.05, 0.1) is 10.5 Å². The van der Waals surface area contributed by atoms with Crippen LogP contribution in [0.5, 0.6) is 0 Å². The topological polar surface area (TPSA) is 77.3 Å². The lowest BCUT2D eigenvalue weighted by Crippen LogP contribution is -2.49. The van der Waals surface area contributed by atoms with Gasteiger partial charge in [-0.25, -0.2) is 13.4 Å². The number of nitriles is 1. The molecule has 1 saturated heterocycles. The van der Waals surface area contributed by atoms with Crippen molar-refractivity contribution in [1.29, 1.82) is 5.26 Å². The van der Waals surface area contributed by atoms with E-state index in [1.165, 1.54) is 4.31 Å². The number of rotatable bonds is 3. The molecule has 1 aromatic heterocycles. The molecular weight excluding hydrogens is 324 g/mol. The van der Waals surface area contributed by atoms with Gasteiger partial charge in [-0.05, 0) is 36.8 Å². The summed E-state index contributed by atoms with van der Waals surface area (Å²) < 4.78 is 27.0. The van der Waals surface area contributed by atoms with Crippen LogP contribution in [0.3, 0.4) is 0 Å². The van der Waals surface area contributed by atoms with E-state index in [-0.39, 0.29) is 0 Å². The summed E-state index contributed by atoms with van der Waals surface area (Å²) in [6.07, 6.45) is 1.64. The normalized spacial score (nSPS) is 15.9. The number of benzene rings is 1. The second-order valence-corrected chi connectivity index (χ2v) is 7.63. The Balaban J connectivity index is 1.77. The Labute approximate surface area is 142 Å². The first-order valence-electron chi connectivity index (χ1n) is 7.69. The molecule has 124 valence electrons. The second-order valence-electron chi connectivity index (χ2n) is 5.69. The van der Waals surface area contributed by atoms with Gasteiger partial charge in [-0.3, -0.25) is 0 Å². The van der Waals surface area contributed by atoms with Crippen molar-refractivity contribution in [2.45, 2.75) is 11.8 Å². The smallest absolute Gasteiger partial charge is 0.243 e. The van der Waals surface area contributed by atoms with Crippen LogP contribution in [0.15, 0.2) is 47.5 Å². The summed E-state index contributed by atoms with van der Waals surface area (Å²) in [6.45, 7) is 3.64. The first kappa shape index (κ1) is 16.4. The fourth-order valence-corrected chi connectivity index (χ4v) is 4.33. The first-order valence-corrected chi connectivity index (χ1v) is 9.13. The molecule has 0 amide bonds. The van der Waals surface area contributed by atoms with E-state index >= 15 is 0 Å². The molecule has 7 heteroatoms. The Morgan fingerprint density at radius 2 is 1.88 bits per heavy atom. The quantitative estimate of drug-likeness (QED) is 0.849. The van der Waals surface area contributed by atoms with Crippen molar-refractivity contribution in [3.8, 4) is 6.07 Å². The summed E-state index contributed by atoms with van der Waals surface area (Å²) >= 11 is 0. The van der Waals surface area contributed by atoms with E-state index < -0.39 is 10.0 Å². The Morgan fingerprint density at radius 1 is 1.12 bits per heavy atom. The number of pyridine rings is 1. The minimum absolute atomic E-state index is 0.325. The van der Waals surface area contributed by atoms with E-state index in [1.807, 2.05) is 17.9 Å². The van der Waals surface area contributed by atoms with Crippen molar-refractivity contribution < 1.29 is 8.42 Å². The number of sulfonamides is 1. The number of anilines is 1. The summed E-state index contributed by atoms with van der Waals surface area (Å²) in [5, 5.41) is 9.18. The van der Waals surface area contributed by atoms with Crippen LogP contribution < -0.4 is 4.90 Å². The van der Waals surface area contributed by atoms with Gasteiger partial charge in [-0.2, -0.15) is 9.57 Å². The molecule has 0 N–H and O–H groups in total. The third-order valence-corrected chi connectivity index (χ3v) is 5.97. The summed E-state index contributed by atoms with van der Waals surface area (Å²) in [7, 11) is -3.48. The molecule has 1 aliphatic heterocycles. The minimum Gasteiger partial charge on any atom is -0.353 e. The molecule has 0 saturated carbocycles. The Hall–Kier alpha value is -2.43. The van der Waals surface area contributed by atoms with Crippen LogP contribution in [-0.2, 0) is 10.0 Å². The summed E-state index contributed by atoms with van der Waals surface area (Å²) in [4.78, 5) is 6.55. The van der Waals surface area contributed by atoms with E-state index in [0.717, 1.165) is 5.56 Å². The molecule has 6 nitrogen and oxygen atoms in total. The predicted molar refractivity (Wildman–Crippen MR) is 91.1 cm³/mol. The molecule has 24 heavy (non-hydrogen) atoms. The van der Waals surface area contributed by atoms with Gasteiger partial charge in [0.1, 0.15) is 11.9 Å². The van der Waals surface area contributed by atoms with Crippen LogP contribution in [0.4, 0.5) is 5.82 Å². The predicted octanol–water partition coefficient (Wildman–Crippen LogP) is 1.77. The number of aryl methyl sites for hydroxylation is 1. The van der Waals surface area contributed by atoms with Crippen LogP contribution >= 0.6 is 0 Å². The van der Waals surface area contributed by atoms with Crippen molar-refractivity contribution in [2.24, 2.45) is 0 Å². The van der Waals surface area contributed by atoms with Gasteiger partial charge in [0, 0.05) is 32.4 Å². The minimum atomic E-state index is -3.48. The van der Waals surface area contributed by atoms with E-state index in [9.17, 15) is 13.7 Å². The average molecular weight is 342 g/mol. The average Bonchev–Trinajstić information content (AvgIpc) is 2.62. The van der Waals surface area contributed by atoms with Crippen LogP contribution in [-0.4, -0.2) is 43.9 Å². The van der Waals surface area contributed by atoms with Gasteiger partial charge in [-0.1, -0.05) is 12.1 Å². The molecule has 0 aliphatic carbocycles. The molecule has 0 atom stereocenters.